The van der Waals surface area contributed by atoms with Gasteiger partial charge < -0.3 is 9.80 Å². The van der Waals surface area contributed by atoms with Gasteiger partial charge in [0.15, 0.2) is 0 Å². The molecule has 0 aliphatic carbocycles. The third-order valence-electron chi connectivity index (χ3n) is 4.79. The number of amides is 2. The van der Waals surface area contributed by atoms with Crippen LogP contribution in [0, 0.1) is 11.8 Å². The largest absolute Gasteiger partial charge is 0.310 e. The minimum absolute atomic E-state index is 0.0348. The van der Waals surface area contributed by atoms with Crippen LogP contribution in [0.4, 0.5) is 11.4 Å². The first-order chi connectivity index (χ1) is 12.0. The highest BCUT2D eigenvalue weighted by molar-refractivity contribution is 6.05. The number of hydrogen-bond acceptors (Lipinski definition) is 2. The van der Waals surface area contributed by atoms with Gasteiger partial charge in [0.05, 0.1) is 23.8 Å². The van der Waals surface area contributed by atoms with Gasteiger partial charge in [-0.25, -0.2) is 0 Å². The average molecular weight is 336 g/mol. The predicted molar refractivity (Wildman–Crippen MR) is 100 cm³/mol. The summed E-state index contributed by atoms with van der Waals surface area (Å²) < 4.78 is 0. The Morgan fingerprint density at radius 1 is 1.04 bits per heavy atom. The number of fused-ring (bicyclic) bond motifs is 1. The SMILES string of the molecule is CC(=O)N1C[C@H](C(C)C)C(=O)N(Cc2ccccc2)c2ccccc21. The number of carbonyl (C=O) groups is 2. The van der Waals surface area contributed by atoms with Crippen LogP contribution in [0.1, 0.15) is 26.3 Å². The van der Waals surface area contributed by atoms with Crippen molar-refractivity contribution in [1.82, 2.24) is 0 Å². The second-order valence-corrected chi connectivity index (χ2v) is 6.88. The van der Waals surface area contributed by atoms with Crippen molar-refractivity contribution in [3.05, 3.63) is 60.2 Å². The van der Waals surface area contributed by atoms with Gasteiger partial charge in [0, 0.05) is 13.5 Å². The van der Waals surface area contributed by atoms with Crippen molar-refractivity contribution in [2.45, 2.75) is 27.3 Å². The van der Waals surface area contributed by atoms with E-state index in [1.807, 2.05) is 73.3 Å². The molecular formula is C21H24N2O2. The van der Waals surface area contributed by atoms with E-state index in [4.69, 9.17) is 0 Å². The summed E-state index contributed by atoms with van der Waals surface area (Å²) in [6.07, 6.45) is 0. The summed E-state index contributed by atoms with van der Waals surface area (Å²) in [4.78, 5) is 29.1. The fourth-order valence-corrected chi connectivity index (χ4v) is 3.34. The Bertz CT molecular complexity index is 770. The summed E-state index contributed by atoms with van der Waals surface area (Å²) in [5, 5.41) is 0. The van der Waals surface area contributed by atoms with Crippen molar-refractivity contribution in [3.8, 4) is 0 Å². The lowest BCUT2D eigenvalue weighted by molar-refractivity contribution is -0.123. The second-order valence-electron chi connectivity index (χ2n) is 6.88. The standard InChI is InChI=1S/C21H24N2O2/c1-15(2)18-14-22(16(3)24)19-11-7-8-12-20(19)23(21(18)25)13-17-9-5-4-6-10-17/h4-12,15,18H,13-14H2,1-3H3/t18-/m1/s1. The molecule has 2 amide bonds. The van der Waals surface area contributed by atoms with Gasteiger partial charge in [-0.15, -0.1) is 0 Å². The molecule has 0 aromatic heterocycles. The minimum Gasteiger partial charge on any atom is -0.310 e. The Hall–Kier alpha value is -2.62. The van der Waals surface area contributed by atoms with Crippen LogP contribution in [-0.4, -0.2) is 18.4 Å². The van der Waals surface area contributed by atoms with Crippen molar-refractivity contribution in [1.29, 1.82) is 0 Å². The van der Waals surface area contributed by atoms with E-state index >= 15 is 0 Å². The molecule has 0 saturated heterocycles. The normalized spacial score (nSPS) is 17.4. The maximum atomic E-state index is 13.3. The number of hydrogen-bond donors (Lipinski definition) is 0. The molecule has 4 heteroatoms. The molecule has 1 aliphatic heterocycles. The Morgan fingerprint density at radius 3 is 2.24 bits per heavy atom. The molecule has 0 spiro atoms. The molecule has 0 unspecified atom stereocenters. The summed E-state index contributed by atoms with van der Waals surface area (Å²) in [7, 11) is 0. The van der Waals surface area contributed by atoms with Crippen LogP contribution < -0.4 is 9.80 Å². The van der Waals surface area contributed by atoms with Crippen LogP contribution in [0.25, 0.3) is 0 Å². The third-order valence-corrected chi connectivity index (χ3v) is 4.79. The first-order valence-corrected chi connectivity index (χ1v) is 8.71. The molecule has 0 fully saturated rings. The third kappa shape index (κ3) is 3.43. The van der Waals surface area contributed by atoms with Crippen LogP contribution in [0.2, 0.25) is 0 Å². The maximum absolute atomic E-state index is 13.3. The van der Waals surface area contributed by atoms with E-state index in [0.717, 1.165) is 16.9 Å². The highest BCUT2D eigenvalue weighted by Crippen LogP contribution is 2.36. The van der Waals surface area contributed by atoms with Gasteiger partial charge in [0.1, 0.15) is 0 Å². The molecule has 1 heterocycles. The fourth-order valence-electron chi connectivity index (χ4n) is 3.34. The first kappa shape index (κ1) is 17.2. The smallest absolute Gasteiger partial charge is 0.232 e. The lowest BCUT2D eigenvalue weighted by Gasteiger charge is -2.26. The molecule has 4 nitrogen and oxygen atoms in total. The highest BCUT2D eigenvalue weighted by atomic mass is 16.2. The van der Waals surface area contributed by atoms with E-state index in [1.165, 1.54) is 0 Å². The fraction of sp³-hybridized carbons (Fsp3) is 0.333. The van der Waals surface area contributed by atoms with Gasteiger partial charge in [-0.3, -0.25) is 9.59 Å². The van der Waals surface area contributed by atoms with Crippen LogP contribution in [0.15, 0.2) is 54.6 Å². The van der Waals surface area contributed by atoms with Gasteiger partial charge in [0.2, 0.25) is 11.8 Å². The monoisotopic (exact) mass is 336 g/mol. The highest BCUT2D eigenvalue weighted by Gasteiger charge is 2.36. The van der Waals surface area contributed by atoms with Gasteiger partial charge >= 0.3 is 0 Å². The van der Waals surface area contributed by atoms with Crippen LogP contribution >= 0.6 is 0 Å². The molecule has 0 N–H and O–H groups in total. The lowest BCUT2D eigenvalue weighted by Crippen LogP contribution is -2.41. The minimum atomic E-state index is -0.222. The quantitative estimate of drug-likeness (QED) is 0.854. The van der Waals surface area contributed by atoms with E-state index in [0.29, 0.717) is 13.1 Å². The number of nitrogens with zero attached hydrogens (tertiary/aromatic N) is 2. The second kappa shape index (κ2) is 7.09. The zero-order valence-electron chi connectivity index (χ0n) is 15.0. The molecule has 2 aromatic carbocycles. The van der Waals surface area contributed by atoms with Gasteiger partial charge in [-0.2, -0.15) is 0 Å². The summed E-state index contributed by atoms with van der Waals surface area (Å²) in [5.74, 6) is -0.0236. The summed E-state index contributed by atoms with van der Waals surface area (Å²) in [5.41, 5.74) is 2.68. The van der Waals surface area contributed by atoms with Crippen molar-refractivity contribution < 1.29 is 9.59 Å². The van der Waals surface area contributed by atoms with Crippen molar-refractivity contribution in [3.63, 3.8) is 0 Å². The molecule has 0 radical (unpaired) electrons. The maximum Gasteiger partial charge on any atom is 0.232 e. The van der Waals surface area contributed by atoms with Gasteiger partial charge in [0.25, 0.3) is 0 Å². The van der Waals surface area contributed by atoms with E-state index in [1.54, 1.807) is 11.8 Å². The molecule has 2 aromatic rings. The van der Waals surface area contributed by atoms with Crippen LogP contribution in [-0.2, 0) is 16.1 Å². The van der Waals surface area contributed by atoms with Crippen molar-refractivity contribution >= 4 is 23.2 Å². The predicted octanol–water partition coefficient (Wildman–Crippen LogP) is 3.86. The Morgan fingerprint density at radius 2 is 1.64 bits per heavy atom. The average Bonchev–Trinajstić information content (AvgIpc) is 2.72. The molecule has 130 valence electrons. The molecule has 1 atom stereocenters. The molecule has 0 bridgehead atoms. The molecule has 25 heavy (non-hydrogen) atoms. The van der Waals surface area contributed by atoms with E-state index in [9.17, 15) is 9.59 Å². The topological polar surface area (TPSA) is 40.6 Å². The molecular weight excluding hydrogens is 312 g/mol. The molecule has 0 saturated carbocycles. The summed E-state index contributed by atoms with van der Waals surface area (Å²) in [6, 6.07) is 17.6. The molecule has 3 rings (SSSR count). The van der Waals surface area contributed by atoms with Crippen molar-refractivity contribution in [2.24, 2.45) is 11.8 Å². The van der Waals surface area contributed by atoms with Crippen LogP contribution in [0.5, 0.6) is 0 Å². The van der Waals surface area contributed by atoms with E-state index in [-0.39, 0.29) is 23.7 Å². The number of para-hydroxylation sites is 2. The summed E-state index contributed by atoms with van der Waals surface area (Å²) >= 11 is 0. The van der Waals surface area contributed by atoms with E-state index in [2.05, 4.69) is 0 Å². The van der Waals surface area contributed by atoms with E-state index < -0.39 is 0 Å². The zero-order chi connectivity index (χ0) is 18.0. The number of benzene rings is 2. The van der Waals surface area contributed by atoms with Crippen LogP contribution in [0.3, 0.4) is 0 Å². The Balaban J connectivity index is 2.10. The van der Waals surface area contributed by atoms with Gasteiger partial charge in [-0.1, -0.05) is 56.3 Å². The summed E-state index contributed by atoms with van der Waals surface area (Å²) in [6.45, 7) is 6.57. The Labute approximate surface area is 149 Å². The number of anilines is 2. The lowest BCUT2D eigenvalue weighted by atomic mass is 9.94. The number of rotatable bonds is 3. The van der Waals surface area contributed by atoms with Gasteiger partial charge in [-0.05, 0) is 23.6 Å². The Kier molecular flexibility index (Phi) is 4.88. The zero-order valence-corrected chi connectivity index (χ0v) is 15.0. The first-order valence-electron chi connectivity index (χ1n) is 8.71. The molecule has 1 aliphatic rings. The number of carbonyl (C=O) groups excluding carboxylic acids is 2. The van der Waals surface area contributed by atoms with Crippen molar-refractivity contribution in [2.75, 3.05) is 16.3 Å².